The molecule has 0 aliphatic carbocycles. The van der Waals surface area contributed by atoms with Crippen LogP contribution in [-0.4, -0.2) is 15.1 Å². The van der Waals surface area contributed by atoms with Gasteiger partial charge in [0.05, 0.1) is 11.0 Å². The zero-order chi connectivity index (χ0) is 11.7. The molecule has 8 heteroatoms. The highest BCUT2D eigenvalue weighted by atomic mass is 127. The van der Waals surface area contributed by atoms with Gasteiger partial charge in [0.25, 0.3) is 11.6 Å². The van der Waals surface area contributed by atoms with Gasteiger partial charge in [0.15, 0.2) is 0 Å². The highest BCUT2D eigenvalue weighted by Crippen LogP contribution is 2.29. The largest absolute Gasteiger partial charge is 0.333 e. The Morgan fingerprint density at radius 1 is 1.50 bits per heavy atom. The van der Waals surface area contributed by atoms with Crippen molar-refractivity contribution in [3.8, 4) is 11.5 Å². The molecule has 0 bridgehead atoms. The minimum atomic E-state index is -0.699. The molecule has 2 aromatic rings. The molecule has 0 saturated carbocycles. The predicted molar refractivity (Wildman–Crippen MR) is 59.1 cm³/mol. The molecule has 2 rings (SSSR count). The van der Waals surface area contributed by atoms with E-state index >= 15 is 0 Å². The topological polar surface area (TPSA) is 82.1 Å². The van der Waals surface area contributed by atoms with Gasteiger partial charge >= 0.3 is 0 Å². The maximum atomic E-state index is 12.9. The van der Waals surface area contributed by atoms with Crippen molar-refractivity contribution in [1.82, 2.24) is 10.1 Å². The van der Waals surface area contributed by atoms with E-state index < -0.39 is 16.4 Å². The summed E-state index contributed by atoms with van der Waals surface area (Å²) in [4.78, 5) is 13.8. The van der Waals surface area contributed by atoms with Gasteiger partial charge in [-0.15, -0.1) is 0 Å². The summed E-state index contributed by atoms with van der Waals surface area (Å²) in [6.45, 7) is 0. The fourth-order valence-corrected chi connectivity index (χ4v) is 1.47. The lowest BCUT2D eigenvalue weighted by Crippen LogP contribution is -1.93. The third-order valence-electron chi connectivity index (χ3n) is 1.79. The summed E-state index contributed by atoms with van der Waals surface area (Å²) in [5.74, 6) is -0.694. The van der Waals surface area contributed by atoms with E-state index in [0.717, 1.165) is 12.1 Å². The maximum Gasteiger partial charge on any atom is 0.285 e. The number of rotatable bonds is 2. The number of nitro benzene ring substituents is 1. The average Bonchev–Trinajstić information content (AvgIpc) is 2.64. The Bertz CT molecular complexity index is 557. The lowest BCUT2D eigenvalue weighted by Gasteiger charge is -1.97. The molecule has 0 spiro atoms. The summed E-state index contributed by atoms with van der Waals surface area (Å²) < 4.78 is 18.0. The molecule has 6 nitrogen and oxygen atoms in total. The first-order chi connectivity index (χ1) is 7.58. The highest BCUT2D eigenvalue weighted by molar-refractivity contribution is 14.1. The zero-order valence-electron chi connectivity index (χ0n) is 7.55. The summed E-state index contributed by atoms with van der Waals surface area (Å²) >= 11 is 1.80. The van der Waals surface area contributed by atoms with E-state index in [1.807, 2.05) is 0 Å². The third-order valence-corrected chi connectivity index (χ3v) is 2.23. The standard InChI is InChI=1S/C8H3FIN3O3/c9-4-1-2-5(6(3-4)13(14)15)7-11-8(10)12-16-7/h1-3H. The zero-order valence-corrected chi connectivity index (χ0v) is 9.71. The van der Waals surface area contributed by atoms with E-state index in [0.29, 0.717) is 3.83 Å². The molecule has 82 valence electrons. The normalized spacial score (nSPS) is 10.4. The van der Waals surface area contributed by atoms with Gasteiger partial charge in [-0.25, -0.2) is 4.39 Å². The van der Waals surface area contributed by atoms with Crippen molar-refractivity contribution in [1.29, 1.82) is 0 Å². The number of aromatic nitrogens is 2. The van der Waals surface area contributed by atoms with Crippen LogP contribution in [0.15, 0.2) is 22.7 Å². The smallest absolute Gasteiger partial charge is 0.285 e. The molecule has 0 fully saturated rings. The summed E-state index contributed by atoms with van der Waals surface area (Å²) in [5, 5.41) is 14.2. The Morgan fingerprint density at radius 3 is 2.81 bits per heavy atom. The van der Waals surface area contributed by atoms with Gasteiger partial charge in [0.1, 0.15) is 11.4 Å². The van der Waals surface area contributed by atoms with E-state index in [2.05, 4.69) is 10.1 Å². The van der Waals surface area contributed by atoms with Crippen LogP contribution in [0, 0.1) is 19.8 Å². The lowest BCUT2D eigenvalue weighted by molar-refractivity contribution is -0.384. The summed E-state index contributed by atoms with van der Waals surface area (Å²) in [5.41, 5.74) is -0.304. The lowest BCUT2D eigenvalue weighted by atomic mass is 10.2. The second-order valence-corrected chi connectivity index (χ2v) is 3.75. The number of hydrogen-bond acceptors (Lipinski definition) is 5. The van der Waals surface area contributed by atoms with Crippen LogP contribution in [0.3, 0.4) is 0 Å². The Hall–Kier alpha value is -1.58. The van der Waals surface area contributed by atoms with Crippen molar-refractivity contribution in [3.63, 3.8) is 0 Å². The predicted octanol–water partition coefficient (Wildman–Crippen LogP) is 2.39. The first-order valence-corrected chi connectivity index (χ1v) is 5.09. The molecular weight excluding hydrogens is 332 g/mol. The van der Waals surface area contributed by atoms with Crippen LogP contribution in [0.4, 0.5) is 10.1 Å². The Balaban J connectivity index is 2.60. The van der Waals surface area contributed by atoms with Gasteiger partial charge in [-0.2, -0.15) is 4.98 Å². The summed E-state index contributed by atoms with van der Waals surface area (Å²) in [6.07, 6.45) is 0. The maximum absolute atomic E-state index is 12.9. The van der Waals surface area contributed by atoms with Crippen LogP contribution in [0.2, 0.25) is 0 Å². The van der Waals surface area contributed by atoms with Gasteiger partial charge in [0, 0.05) is 22.6 Å². The molecule has 1 aromatic carbocycles. The van der Waals surface area contributed by atoms with Gasteiger partial charge in [-0.05, 0) is 12.1 Å². The summed E-state index contributed by atoms with van der Waals surface area (Å²) in [6, 6.07) is 3.14. The number of hydrogen-bond donors (Lipinski definition) is 0. The molecule has 0 aliphatic heterocycles. The number of halogens is 2. The number of benzene rings is 1. The number of nitro groups is 1. The van der Waals surface area contributed by atoms with E-state index in [4.69, 9.17) is 4.52 Å². The second-order valence-electron chi connectivity index (χ2n) is 2.79. The van der Waals surface area contributed by atoms with Gasteiger partial charge in [0.2, 0.25) is 3.83 Å². The van der Waals surface area contributed by atoms with Crippen molar-refractivity contribution in [2.75, 3.05) is 0 Å². The van der Waals surface area contributed by atoms with Crippen LogP contribution < -0.4 is 0 Å². The Labute approximate surface area is 102 Å². The van der Waals surface area contributed by atoms with E-state index in [9.17, 15) is 14.5 Å². The van der Waals surface area contributed by atoms with Crippen LogP contribution in [0.25, 0.3) is 11.5 Å². The minimum absolute atomic E-state index is 0.00361. The Kier molecular flexibility index (Phi) is 2.81. The molecule has 1 heterocycles. The third kappa shape index (κ3) is 2.01. The van der Waals surface area contributed by atoms with Gasteiger partial charge in [-0.3, -0.25) is 10.1 Å². The minimum Gasteiger partial charge on any atom is -0.333 e. The van der Waals surface area contributed by atoms with Crippen molar-refractivity contribution in [2.45, 2.75) is 0 Å². The highest BCUT2D eigenvalue weighted by Gasteiger charge is 2.20. The van der Waals surface area contributed by atoms with E-state index in [1.165, 1.54) is 6.07 Å². The molecule has 0 radical (unpaired) electrons. The molecule has 1 aromatic heterocycles. The first-order valence-electron chi connectivity index (χ1n) is 4.01. The quantitative estimate of drug-likeness (QED) is 0.478. The van der Waals surface area contributed by atoms with Crippen LogP contribution in [0.5, 0.6) is 0 Å². The molecule has 0 unspecified atom stereocenters. The molecule has 0 N–H and O–H groups in total. The van der Waals surface area contributed by atoms with E-state index in [-0.39, 0.29) is 11.5 Å². The van der Waals surface area contributed by atoms with Crippen LogP contribution >= 0.6 is 22.6 Å². The van der Waals surface area contributed by atoms with Crippen LogP contribution in [-0.2, 0) is 0 Å². The fraction of sp³-hybridized carbons (Fsp3) is 0. The molecule has 16 heavy (non-hydrogen) atoms. The summed E-state index contributed by atoms with van der Waals surface area (Å²) in [7, 11) is 0. The second kappa shape index (κ2) is 4.12. The Morgan fingerprint density at radius 2 is 2.25 bits per heavy atom. The molecule has 0 saturated heterocycles. The first kappa shape index (κ1) is 10.9. The molecule has 0 amide bonds. The average molecular weight is 335 g/mol. The number of nitrogens with zero attached hydrogens (tertiary/aromatic N) is 3. The van der Waals surface area contributed by atoms with Crippen LogP contribution in [0.1, 0.15) is 0 Å². The fourth-order valence-electron chi connectivity index (χ4n) is 1.15. The van der Waals surface area contributed by atoms with Gasteiger partial charge < -0.3 is 4.52 Å². The van der Waals surface area contributed by atoms with Crippen molar-refractivity contribution < 1.29 is 13.8 Å². The van der Waals surface area contributed by atoms with Gasteiger partial charge in [-0.1, -0.05) is 5.16 Å². The van der Waals surface area contributed by atoms with Crippen molar-refractivity contribution in [2.24, 2.45) is 0 Å². The molecule has 0 atom stereocenters. The SMILES string of the molecule is O=[N+]([O-])c1cc(F)ccc1-c1nc(I)no1. The van der Waals surface area contributed by atoms with E-state index in [1.54, 1.807) is 22.6 Å². The van der Waals surface area contributed by atoms with Crippen molar-refractivity contribution >= 4 is 28.3 Å². The molecule has 0 aliphatic rings. The molecular formula is C8H3FIN3O3. The monoisotopic (exact) mass is 335 g/mol. The van der Waals surface area contributed by atoms with Crippen molar-refractivity contribution in [3.05, 3.63) is 38.0 Å².